The molecule has 1 aromatic carbocycles. The molecule has 0 amide bonds. The average Bonchev–Trinajstić information content (AvgIpc) is 2.97. The van der Waals surface area contributed by atoms with Gasteiger partial charge < -0.3 is 4.90 Å². The molecular weight excluding hydrogens is 280 g/mol. The summed E-state index contributed by atoms with van der Waals surface area (Å²) in [5, 5.41) is 0. The minimum Gasteiger partial charge on any atom is -0.371 e. The second kappa shape index (κ2) is 8.50. The maximum Gasteiger partial charge on any atom is 0.270 e. The van der Waals surface area contributed by atoms with Gasteiger partial charge in [0.1, 0.15) is 0 Å². The van der Waals surface area contributed by atoms with Crippen LogP contribution >= 0.6 is 0 Å². The van der Waals surface area contributed by atoms with Crippen LogP contribution in [-0.2, 0) is 5.92 Å². The Bertz CT molecular complexity index is 439. The summed E-state index contributed by atoms with van der Waals surface area (Å²) in [5.41, 5.74) is 1.05. The molecule has 3 heteroatoms. The molecule has 2 unspecified atom stereocenters. The molecule has 0 bridgehead atoms. The van der Waals surface area contributed by atoms with Crippen LogP contribution in [0.15, 0.2) is 24.3 Å². The first-order chi connectivity index (χ1) is 10.4. The van der Waals surface area contributed by atoms with Gasteiger partial charge in [-0.3, -0.25) is 0 Å². The Hall–Kier alpha value is -1.12. The molecule has 1 aliphatic rings. The van der Waals surface area contributed by atoms with E-state index in [2.05, 4.69) is 18.7 Å². The lowest BCUT2D eigenvalue weighted by molar-refractivity contribution is 0.0175. The number of hydrogen-bond donors (Lipinski definition) is 0. The highest BCUT2D eigenvalue weighted by Crippen LogP contribution is 2.33. The van der Waals surface area contributed by atoms with Gasteiger partial charge in [0.2, 0.25) is 0 Å². The molecule has 0 aromatic heterocycles. The number of anilines is 1. The summed E-state index contributed by atoms with van der Waals surface area (Å²) in [6.07, 6.45) is 3.64. The lowest BCUT2D eigenvalue weighted by atomic mass is 9.93. The fourth-order valence-electron chi connectivity index (χ4n) is 2.97. The third-order valence-corrected chi connectivity index (χ3v) is 4.44. The summed E-state index contributed by atoms with van der Waals surface area (Å²) < 4.78 is 26.8. The van der Waals surface area contributed by atoms with Gasteiger partial charge in [-0.25, -0.2) is 8.78 Å². The molecule has 0 radical (unpaired) electrons. The molecular formula is C19H31F2N. The van der Waals surface area contributed by atoms with Crippen molar-refractivity contribution in [3.8, 4) is 0 Å². The highest BCUT2D eigenvalue weighted by Gasteiger charge is 2.27. The van der Waals surface area contributed by atoms with Gasteiger partial charge in [-0.1, -0.05) is 46.2 Å². The molecule has 2 atom stereocenters. The van der Waals surface area contributed by atoms with Gasteiger partial charge in [-0.15, -0.1) is 0 Å². The maximum absolute atomic E-state index is 13.4. The fraction of sp³-hybridized carbons (Fsp3) is 0.684. The minimum absolute atomic E-state index is 0.111. The van der Waals surface area contributed by atoms with Crippen molar-refractivity contribution in [2.75, 3.05) is 18.0 Å². The Labute approximate surface area is 134 Å². The summed E-state index contributed by atoms with van der Waals surface area (Å²) in [6, 6.07) is 6.84. The van der Waals surface area contributed by atoms with Crippen LogP contribution in [0.4, 0.5) is 14.5 Å². The number of hydrogen-bond acceptors (Lipinski definition) is 1. The monoisotopic (exact) mass is 311 g/mol. The molecule has 0 aliphatic carbocycles. The number of rotatable bonds is 5. The van der Waals surface area contributed by atoms with E-state index in [1.165, 1.54) is 25.3 Å². The van der Waals surface area contributed by atoms with Crippen molar-refractivity contribution in [1.29, 1.82) is 0 Å². The summed E-state index contributed by atoms with van der Waals surface area (Å²) in [5.74, 6) is -1.30. The van der Waals surface area contributed by atoms with E-state index >= 15 is 0 Å². The van der Waals surface area contributed by atoms with Crippen LogP contribution in [0.25, 0.3) is 0 Å². The molecule has 2 rings (SSSR count). The zero-order chi connectivity index (χ0) is 16.8. The number of alkyl halides is 2. The molecule has 0 saturated carbocycles. The third kappa shape index (κ3) is 5.26. The first-order valence-corrected chi connectivity index (χ1v) is 8.63. The van der Waals surface area contributed by atoms with Gasteiger partial charge in [0.25, 0.3) is 5.92 Å². The first-order valence-electron chi connectivity index (χ1n) is 8.63. The Kier molecular flexibility index (Phi) is 7.31. The van der Waals surface area contributed by atoms with Crippen LogP contribution in [-0.4, -0.2) is 13.1 Å². The minimum atomic E-state index is -2.76. The highest BCUT2D eigenvalue weighted by molar-refractivity contribution is 5.50. The molecule has 1 heterocycles. The summed E-state index contributed by atoms with van der Waals surface area (Å²) in [4.78, 5) is 2.25. The largest absolute Gasteiger partial charge is 0.371 e. The van der Waals surface area contributed by atoms with Crippen molar-refractivity contribution in [3.63, 3.8) is 0 Å². The SMILES string of the molecule is CC.CCC(C)CC1CCN(c2cccc(C(C)(F)F)c2)C1. The van der Waals surface area contributed by atoms with Crippen molar-refractivity contribution >= 4 is 5.69 Å². The number of benzene rings is 1. The Balaban J connectivity index is 0.00000116. The van der Waals surface area contributed by atoms with Gasteiger partial charge in [0.05, 0.1) is 0 Å². The van der Waals surface area contributed by atoms with E-state index in [-0.39, 0.29) is 5.56 Å². The lowest BCUT2D eigenvalue weighted by Gasteiger charge is -2.21. The van der Waals surface area contributed by atoms with E-state index in [9.17, 15) is 8.78 Å². The third-order valence-electron chi connectivity index (χ3n) is 4.44. The van der Waals surface area contributed by atoms with E-state index in [0.717, 1.165) is 31.6 Å². The van der Waals surface area contributed by atoms with Crippen molar-refractivity contribution in [3.05, 3.63) is 29.8 Å². The number of halogens is 2. The van der Waals surface area contributed by atoms with Gasteiger partial charge in [-0.05, 0) is 36.8 Å². The van der Waals surface area contributed by atoms with E-state index in [0.29, 0.717) is 5.92 Å². The predicted molar refractivity (Wildman–Crippen MR) is 91.8 cm³/mol. The molecule has 1 aliphatic heterocycles. The van der Waals surface area contributed by atoms with E-state index in [1.54, 1.807) is 12.1 Å². The van der Waals surface area contributed by atoms with Crippen LogP contribution in [0.1, 0.15) is 59.4 Å². The predicted octanol–water partition coefficient (Wildman–Crippen LogP) is 6.09. The zero-order valence-electron chi connectivity index (χ0n) is 14.7. The zero-order valence-corrected chi connectivity index (χ0v) is 14.7. The van der Waals surface area contributed by atoms with E-state index in [4.69, 9.17) is 0 Å². The quantitative estimate of drug-likeness (QED) is 0.636. The second-order valence-electron chi connectivity index (χ2n) is 6.29. The standard InChI is InChI=1S/C17H25F2N.C2H6/c1-4-13(2)10-14-8-9-20(12-14)16-7-5-6-15(11-16)17(3,18)19;1-2/h5-7,11,13-14H,4,8-10,12H2,1-3H3;1-2H3. The maximum atomic E-state index is 13.4. The molecule has 1 nitrogen and oxygen atoms in total. The molecule has 22 heavy (non-hydrogen) atoms. The van der Waals surface area contributed by atoms with Gasteiger partial charge >= 0.3 is 0 Å². The lowest BCUT2D eigenvalue weighted by Crippen LogP contribution is -2.21. The first kappa shape index (κ1) is 18.9. The number of nitrogens with zero attached hydrogens (tertiary/aromatic N) is 1. The van der Waals surface area contributed by atoms with E-state index in [1.807, 2.05) is 19.9 Å². The van der Waals surface area contributed by atoms with Gasteiger partial charge in [-0.2, -0.15) is 0 Å². The molecule has 126 valence electrons. The molecule has 0 spiro atoms. The van der Waals surface area contributed by atoms with Crippen molar-refractivity contribution in [2.45, 2.75) is 59.8 Å². The van der Waals surface area contributed by atoms with Crippen molar-refractivity contribution in [2.24, 2.45) is 11.8 Å². The normalized spacial score (nSPS) is 19.6. The van der Waals surface area contributed by atoms with Crippen LogP contribution in [0, 0.1) is 11.8 Å². The summed E-state index contributed by atoms with van der Waals surface area (Å²) in [6.45, 7) is 11.5. The highest BCUT2D eigenvalue weighted by atomic mass is 19.3. The fourth-order valence-corrected chi connectivity index (χ4v) is 2.97. The second-order valence-corrected chi connectivity index (χ2v) is 6.29. The van der Waals surface area contributed by atoms with Gasteiger partial charge in [0, 0.05) is 31.3 Å². The molecule has 1 aromatic rings. The smallest absolute Gasteiger partial charge is 0.270 e. The summed E-state index contributed by atoms with van der Waals surface area (Å²) in [7, 11) is 0. The molecule has 1 saturated heterocycles. The molecule has 1 fully saturated rings. The average molecular weight is 311 g/mol. The molecule has 0 N–H and O–H groups in total. The Morgan fingerprint density at radius 1 is 1.32 bits per heavy atom. The van der Waals surface area contributed by atoms with Crippen molar-refractivity contribution < 1.29 is 8.78 Å². The van der Waals surface area contributed by atoms with Crippen LogP contribution < -0.4 is 4.90 Å². The van der Waals surface area contributed by atoms with Crippen LogP contribution in [0.2, 0.25) is 0 Å². The van der Waals surface area contributed by atoms with Crippen LogP contribution in [0.5, 0.6) is 0 Å². The van der Waals surface area contributed by atoms with Crippen molar-refractivity contribution in [1.82, 2.24) is 0 Å². The Morgan fingerprint density at radius 2 is 2.00 bits per heavy atom. The Morgan fingerprint density at radius 3 is 2.59 bits per heavy atom. The topological polar surface area (TPSA) is 3.24 Å². The van der Waals surface area contributed by atoms with Gasteiger partial charge in [0.15, 0.2) is 0 Å². The van der Waals surface area contributed by atoms with Crippen LogP contribution in [0.3, 0.4) is 0 Å². The van der Waals surface area contributed by atoms with E-state index < -0.39 is 5.92 Å². The summed E-state index contributed by atoms with van der Waals surface area (Å²) >= 11 is 0.